The zero-order valence-corrected chi connectivity index (χ0v) is 17.8. The Bertz CT molecular complexity index is 978. The van der Waals surface area contributed by atoms with Gasteiger partial charge < -0.3 is 16.0 Å². The lowest BCUT2D eigenvalue weighted by molar-refractivity contribution is 0.479. The van der Waals surface area contributed by atoms with Crippen molar-refractivity contribution in [2.75, 3.05) is 23.7 Å². The highest BCUT2D eigenvalue weighted by Gasteiger charge is 2.28. The van der Waals surface area contributed by atoms with Crippen molar-refractivity contribution in [1.29, 1.82) is 0 Å². The second kappa shape index (κ2) is 8.78. The van der Waals surface area contributed by atoms with E-state index in [1.807, 2.05) is 28.9 Å². The van der Waals surface area contributed by atoms with Crippen LogP contribution in [0, 0.1) is 0 Å². The first-order valence-electron chi connectivity index (χ1n) is 10.1. The van der Waals surface area contributed by atoms with Gasteiger partial charge in [-0.3, -0.25) is 0 Å². The molecule has 0 radical (unpaired) electrons. The van der Waals surface area contributed by atoms with Crippen molar-refractivity contribution < 1.29 is 0 Å². The van der Waals surface area contributed by atoms with E-state index in [0.29, 0.717) is 18.5 Å². The maximum atomic E-state index is 6.13. The molecular weight excluding hydrogens is 407 g/mol. The van der Waals surface area contributed by atoms with E-state index in [9.17, 15) is 0 Å². The van der Waals surface area contributed by atoms with Gasteiger partial charge in [0.15, 0.2) is 5.65 Å². The molecule has 29 heavy (non-hydrogen) atoms. The van der Waals surface area contributed by atoms with Crippen LogP contribution in [0.15, 0.2) is 36.5 Å². The standard InChI is InChI=1S/C21H25ClN6.ClH/c22-16-4-1-3-14(9-16)11-24-20-10-19(26-17-5-2-8-23-12-17)27-21-18(15-6-7-15)13-25-28(20)21;/h1,3-4,9-10,13,15,17,23-24H,2,5-8,11-12H2,(H,26,27);1H. The third-order valence-electron chi connectivity index (χ3n) is 5.53. The smallest absolute Gasteiger partial charge is 0.163 e. The number of aromatic nitrogens is 3. The molecule has 3 N–H and O–H groups in total. The number of hydrogen-bond donors (Lipinski definition) is 3. The molecule has 8 heteroatoms. The number of anilines is 2. The van der Waals surface area contributed by atoms with E-state index < -0.39 is 0 Å². The monoisotopic (exact) mass is 432 g/mol. The molecule has 0 bridgehead atoms. The van der Waals surface area contributed by atoms with Crippen molar-refractivity contribution in [3.8, 4) is 0 Å². The van der Waals surface area contributed by atoms with Gasteiger partial charge in [0, 0.05) is 35.8 Å². The van der Waals surface area contributed by atoms with Gasteiger partial charge in [-0.2, -0.15) is 9.61 Å². The van der Waals surface area contributed by atoms with Crippen LogP contribution in [-0.2, 0) is 6.54 Å². The maximum Gasteiger partial charge on any atom is 0.163 e. The Labute approximate surface area is 181 Å². The fourth-order valence-electron chi connectivity index (χ4n) is 3.89. The molecule has 1 aliphatic heterocycles. The SMILES string of the molecule is Cl.Clc1cccc(CNc2cc(NC3CCCNC3)nc3c(C4CC4)cnn23)c1. The highest BCUT2D eigenvalue weighted by molar-refractivity contribution is 6.30. The number of nitrogens with one attached hydrogen (secondary N) is 3. The van der Waals surface area contributed by atoms with Crippen LogP contribution in [0.3, 0.4) is 0 Å². The van der Waals surface area contributed by atoms with E-state index in [-0.39, 0.29) is 12.4 Å². The first kappa shape index (κ1) is 20.3. The molecule has 1 saturated carbocycles. The maximum absolute atomic E-state index is 6.13. The van der Waals surface area contributed by atoms with Gasteiger partial charge in [0.25, 0.3) is 0 Å². The molecule has 0 amide bonds. The van der Waals surface area contributed by atoms with Crippen LogP contribution in [0.2, 0.25) is 5.02 Å². The molecule has 3 aromatic rings. The molecule has 1 unspecified atom stereocenters. The Kier molecular flexibility index (Phi) is 6.13. The molecule has 154 valence electrons. The molecule has 1 saturated heterocycles. The largest absolute Gasteiger partial charge is 0.366 e. The summed E-state index contributed by atoms with van der Waals surface area (Å²) in [6.45, 7) is 2.77. The number of rotatable bonds is 6. The van der Waals surface area contributed by atoms with Crippen molar-refractivity contribution in [3.05, 3.63) is 52.7 Å². The number of nitrogens with zero attached hydrogens (tertiary/aromatic N) is 3. The second-order valence-corrected chi connectivity index (χ2v) is 8.24. The van der Waals surface area contributed by atoms with Crippen LogP contribution in [0.4, 0.5) is 11.6 Å². The first-order chi connectivity index (χ1) is 13.8. The lowest BCUT2D eigenvalue weighted by atomic mass is 10.1. The lowest BCUT2D eigenvalue weighted by Crippen LogP contribution is -2.38. The van der Waals surface area contributed by atoms with Crippen LogP contribution in [0.5, 0.6) is 0 Å². The molecule has 1 aliphatic carbocycles. The fraction of sp³-hybridized carbons (Fsp3) is 0.429. The topological polar surface area (TPSA) is 66.3 Å². The third-order valence-corrected chi connectivity index (χ3v) is 5.76. The Hall–Kier alpha value is -2.02. The minimum atomic E-state index is 0. The summed E-state index contributed by atoms with van der Waals surface area (Å²) in [5, 5.41) is 16.0. The van der Waals surface area contributed by atoms with Crippen molar-refractivity contribution in [2.45, 2.75) is 44.2 Å². The Morgan fingerprint density at radius 3 is 2.86 bits per heavy atom. The number of benzene rings is 1. The van der Waals surface area contributed by atoms with Crippen LogP contribution >= 0.6 is 24.0 Å². The molecule has 1 aromatic carbocycles. The van der Waals surface area contributed by atoms with Crippen LogP contribution in [-0.4, -0.2) is 33.7 Å². The van der Waals surface area contributed by atoms with Crippen LogP contribution < -0.4 is 16.0 Å². The van der Waals surface area contributed by atoms with E-state index in [1.54, 1.807) is 0 Å². The summed E-state index contributed by atoms with van der Waals surface area (Å²) >= 11 is 6.13. The van der Waals surface area contributed by atoms with Gasteiger partial charge in [-0.05, 0) is 55.8 Å². The minimum absolute atomic E-state index is 0. The third kappa shape index (κ3) is 4.60. The highest BCUT2D eigenvalue weighted by atomic mass is 35.5. The van der Waals surface area contributed by atoms with E-state index in [2.05, 4.69) is 33.2 Å². The van der Waals surface area contributed by atoms with Gasteiger partial charge in [-0.25, -0.2) is 4.98 Å². The molecular formula is C21H26Cl2N6. The molecule has 1 atom stereocenters. The first-order valence-corrected chi connectivity index (χ1v) is 10.5. The molecule has 2 aliphatic rings. The van der Waals surface area contributed by atoms with E-state index in [1.165, 1.54) is 31.2 Å². The van der Waals surface area contributed by atoms with Gasteiger partial charge in [-0.15, -0.1) is 12.4 Å². The predicted octanol–water partition coefficient (Wildman–Crippen LogP) is 4.46. The van der Waals surface area contributed by atoms with E-state index in [0.717, 1.165) is 41.0 Å². The molecule has 6 nitrogen and oxygen atoms in total. The summed E-state index contributed by atoms with van der Waals surface area (Å²) in [5.41, 5.74) is 3.36. The lowest BCUT2D eigenvalue weighted by Gasteiger charge is -2.24. The van der Waals surface area contributed by atoms with Gasteiger partial charge >= 0.3 is 0 Å². The van der Waals surface area contributed by atoms with Crippen LogP contribution in [0.25, 0.3) is 5.65 Å². The summed E-state index contributed by atoms with van der Waals surface area (Å²) in [7, 11) is 0. The minimum Gasteiger partial charge on any atom is -0.366 e. The van der Waals surface area contributed by atoms with Crippen LogP contribution in [0.1, 0.15) is 42.7 Å². The summed E-state index contributed by atoms with van der Waals surface area (Å²) in [6.07, 6.45) is 6.81. The molecule has 5 rings (SSSR count). The normalized spacial score (nSPS) is 19.0. The van der Waals surface area contributed by atoms with Gasteiger partial charge in [0.1, 0.15) is 11.6 Å². The van der Waals surface area contributed by atoms with Gasteiger partial charge in [0.05, 0.1) is 6.20 Å². The predicted molar refractivity (Wildman–Crippen MR) is 121 cm³/mol. The second-order valence-electron chi connectivity index (χ2n) is 7.81. The van der Waals surface area contributed by atoms with Crippen molar-refractivity contribution in [2.24, 2.45) is 0 Å². The molecule has 0 spiro atoms. The van der Waals surface area contributed by atoms with Crippen molar-refractivity contribution in [3.63, 3.8) is 0 Å². The van der Waals surface area contributed by atoms with Crippen molar-refractivity contribution >= 4 is 41.3 Å². The molecule has 2 aromatic heterocycles. The average Bonchev–Trinajstić information content (AvgIpc) is 3.46. The quantitative estimate of drug-likeness (QED) is 0.536. The number of halogens is 2. The number of piperidine rings is 1. The summed E-state index contributed by atoms with van der Waals surface area (Å²) < 4.78 is 1.93. The molecule has 2 fully saturated rings. The van der Waals surface area contributed by atoms with E-state index in [4.69, 9.17) is 16.6 Å². The Morgan fingerprint density at radius 1 is 1.21 bits per heavy atom. The van der Waals surface area contributed by atoms with Crippen molar-refractivity contribution in [1.82, 2.24) is 19.9 Å². The zero-order valence-electron chi connectivity index (χ0n) is 16.2. The van der Waals surface area contributed by atoms with Gasteiger partial charge in [0.2, 0.25) is 0 Å². The highest BCUT2D eigenvalue weighted by Crippen LogP contribution is 2.42. The summed E-state index contributed by atoms with van der Waals surface area (Å²) in [4.78, 5) is 4.92. The Balaban J connectivity index is 0.00000205. The number of hydrogen-bond acceptors (Lipinski definition) is 5. The average molecular weight is 433 g/mol. The fourth-order valence-corrected chi connectivity index (χ4v) is 4.10. The van der Waals surface area contributed by atoms with Gasteiger partial charge in [-0.1, -0.05) is 23.7 Å². The Morgan fingerprint density at radius 2 is 2.10 bits per heavy atom. The summed E-state index contributed by atoms with van der Waals surface area (Å²) in [5.74, 6) is 2.47. The molecule has 3 heterocycles. The van der Waals surface area contributed by atoms with E-state index >= 15 is 0 Å². The summed E-state index contributed by atoms with van der Waals surface area (Å²) in [6, 6.07) is 10.4. The zero-order chi connectivity index (χ0) is 18.9. The number of fused-ring (bicyclic) bond motifs is 1.